The molecule has 0 aromatic carbocycles. The number of hydrogen-bond acceptors (Lipinski definition) is 1. The zero-order valence-electron chi connectivity index (χ0n) is 11.6. The third-order valence-electron chi connectivity index (χ3n) is 3.79. The third kappa shape index (κ3) is 6.70. The molecule has 1 N–H and O–H groups in total. The molecule has 0 heterocycles. The van der Waals surface area contributed by atoms with Gasteiger partial charge in [0.2, 0.25) is 5.91 Å². The Morgan fingerprint density at radius 3 is 2.35 bits per heavy atom. The van der Waals surface area contributed by atoms with Crippen molar-refractivity contribution < 1.29 is 4.79 Å². The van der Waals surface area contributed by atoms with E-state index >= 15 is 0 Å². The maximum absolute atomic E-state index is 11.9. The van der Waals surface area contributed by atoms with Crippen molar-refractivity contribution in [3.05, 3.63) is 0 Å². The summed E-state index contributed by atoms with van der Waals surface area (Å²) in [5.41, 5.74) is 0. The van der Waals surface area contributed by atoms with E-state index in [-0.39, 0.29) is 5.91 Å². The summed E-state index contributed by atoms with van der Waals surface area (Å²) in [6.45, 7) is 4.37. The Hall–Kier alpha value is -0.530. The Kier molecular flexibility index (Phi) is 7.30. The second-order valence-electron chi connectivity index (χ2n) is 5.71. The van der Waals surface area contributed by atoms with E-state index in [1.54, 1.807) is 0 Å². The minimum absolute atomic E-state index is 0.275. The van der Waals surface area contributed by atoms with Gasteiger partial charge < -0.3 is 5.32 Å². The van der Waals surface area contributed by atoms with Crippen molar-refractivity contribution in [1.82, 2.24) is 5.32 Å². The first-order valence-electron chi connectivity index (χ1n) is 7.51. The first-order chi connectivity index (χ1) is 8.22. The Labute approximate surface area is 107 Å². The Balaban J connectivity index is 2.23. The fourth-order valence-corrected chi connectivity index (χ4v) is 2.80. The van der Waals surface area contributed by atoms with Crippen molar-refractivity contribution in [2.45, 2.75) is 84.1 Å². The molecule has 0 bridgehead atoms. The number of hydrogen-bond donors (Lipinski definition) is 1. The molecular formula is C15H29NO. The highest BCUT2D eigenvalue weighted by Crippen LogP contribution is 2.17. The summed E-state index contributed by atoms with van der Waals surface area (Å²) in [6, 6.07) is 0.455. The van der Waals surface area contributed by atoms with E-state index in [9.17, 15) is 4.79 Å². The van der Waals surface area contributed by atoms with Gasteiger partial charge in [0.25, 0.3) is 0 Å². The molecule has 0 aromatic rings. The smallest absolute Gasteiger partial charge is 0.220 e. The van der Waals surface area contributed by atoms with Crippen LogP contribution in [0.4, 0.5) is 0 Å². The van der Waals surface area contributed by atoms with Crippen molar-refractivity contribution in [3.8, 4) is 0 Å². The quantitative estimate of drug-likeness (QED) is 0.770. The molecule has 0 aliphatic heterocycles. The van der Waals surface area contributed by atoms with E-state index < -0.39 is 0 Å². The maximum atomic E-state index is 11.9. The van der Waals surface area contributed by atoms with E-state index in [0.717, 1.165) is 6.42 Å². The van der Waals surface area contributed by atoms with Crippen LogP contribution >= 0.6 is 0 Å². The SMILES string of the molecule is CCCC(C)CC(=O)NC1CCCCCCC1. The van der Waals surface area contributed by atoms with Gasteiger partial charge in [-0.3, -0.25) is 4.79 Å². The van der Waals surface area contributed by atoms with Gasteiger partial charge in [-0.2, -0.15) is 0 Å². The van der Waals surface area contributed by atoms with Gasteiger partial charge >= 0.3 is 0 Å². The molecule has 2 heteroatoms. The van der Waals surface area contributed by atoms with Gasteiger partial charge in [0.05, 0.1) is 0 Å². The van der Waals surface area contributed by atoms with Crippen LogP contribution in [-0.2, 0) is 4.79 Å². The standard InChI is InChI=1S/C15H29NO/c1-3-9-13(2)12-15(17)16-14-10-7-5-4-6-8-11-14/h13-14H,3-12H2,1-2H3,(H,16,17). The molecule has 1 rings (SSSR count). The lowest BCUT2D eigenvalue weighted by Crippen LogP contribution is -2.35. The van der Waals surface area contributed by atoms with Gasteiger partial charge in [0.15, 0.2) is 0 Å². The summed E-state index contributed by atoms with van der Waals surface area (Å²) in [7, 11) is 0. The van der Waals surface area contributed by atoms with Gasteiger partial charge in [-0.05, 0) is 18.8 Å². The van der Waals surface area contributed by atoms with Gasteiger partial charge in [0.1, 0.15) is 0 Å². The number of rotatable bonds is 5. The molecule has 1 unspecified atom stereocenters. The lowest BCUT2D eigenvalue weighted by Gasteiger charge is -2.21. The summed E-state index contributed by atoms with van der Waals surface area (Å²) in [6.07, 6.45) is 12.1. The predicted octanol–water partition coefficient (Wildman–Crippen LogP) is 4.04. The van der Waals surface area contributed by atoms with Crippen LogP contribution in [0.15, 0.2) is 0 Å². The van der Waals surface area contributed by atoms with Crippen molar-refractivity contribution in [2.75, 3.05) is 0 Å². The molecular weight excluding hydrogens is 210 g/mol. The zero-order valence-corrected chi connectivity index (χ0v) is 11.6. The summed E-state index contributed by atoms with van der Waals surface area (Å²) >= 11 is 0. The molecule has 1 aliphatic carbocycles. The van der Waals surface area contributed by atoms with E-state index in [2.05, 4.69) is 19.2 Å². The van der Waals surface area contributed by atoms with Crippen LogP contribution in [0, 0.1) is 5.92 Å². The summed E-state index contributed by atoms with van der Waals surface area (Å²) < 4.78 is 0. The normalized spacial score (nSPS) is 20.4. The maximum Gasteiger partial charge on any atom is 0.220 e. The van der Waals surface area contributed by atoms with Crippen LogP contribution < -0.4 is 5.32 Å². The predicted molar refractivity (Wildman–Crippen MR) is 72.9 cm³/mol. The molecule has 0 saturated heterocycles. The van der Waals surface area contributed by atoms with Crippen molar-refractivity contribution in [2.24, 2.45) is 5.92 Å². The van der Waals surface area contributed by atoms with Crippen molar-refractivity contribution in [1.29, 1.82) is 0 Å². The molecule has 2 nitrogen and oxygen atoms in total. The monoisotopic (exact) mass is 239 g/mol. The molecule has 1 saturated carbocycles. The summed E-state index contributed by atoms with van der Waals surface area (Å²) in [4.78, 5) is 11.9. The highest BCUT2D eigenvalue weighted by Gasteiger charge is 2.15. The zero-order chi connectivity index (χ0) is 12.5. The van der Waals surface area contributed by atoms with Crippen LogP contribution in [-0.4, -0.2) is 11.9 Å². The molecule has 100 valence electrons. The molecule has 0 radical (unpaired) electrons. The minimum Gasteiger partial charge on any atom is -0.353 e. The second kappa shape index (κ2) is 8.54. The lowest BCUT2D eigenvalue weighted by molar-refractivity contribution is -0.122. The molecule has 0 spiro atoms. The number of carbonyl (C=O) groups is 1. The largest absolute Gasteiger partial charge is 0.353 e. The Morgan fingerprint density at radius 2 is 1.76 bits per heavy atom. The fourth-order valence-electron chi connectivity index (χ4n) is 2.80. The van der Waals surface area contributed by atoms with Gasteiger partial charge in [-0.25, -0.2) is 0 Å². The lowest BCUT2D eigenvalue weighted by atomic mass is 9.96. The molecule has 1 atom stereocenters. The minimum atomic E-state index is 0.275. The first kappa shape index (κ1) is 14.5. The van der Waals surface area contributed by atoms with Crippen LogP contribution in [0.2, 0.25) is 0 Å². The van der Waals surface area contributed by atoms with Crippen LogP contribution in [0.5, 0.6) is 0 Å². The third-order valence-corrected chi connectivity index (χ3v) is 3.79. The van der Waals surface area contributed by atoms with E-state index in [1.165, 1.54) is 51.4 Å². The second-order valence-corrected chi connectivity index (χ2v) is 5.71. The average Bonchev–Trinajstić information content (AvgIpc) is 2.22. The molecule has 1 amide bonds. The molecule has 0 aromatic heterocycles. The van der Waals surface area contributed by atoms with Crippen LogP contribution in [0.3, 0.4) is 0 Å². The molecule has 17 heavy (non-hydrogen) atoms. The Morgan fingerprint density at radius 1 is 1.18 bits per heavy atom. The van der Waals surface area contributed by atoms with Gasteiger partial charge in [-0.15, -0.1) is 0 Å². The summed E-state index contributed by atoms with van der Waals surface area (Å²) in [5.74, 6) is 0.810. The molecule has 1 aliphatic rings. The van der Waals surface area contributed by atoms with Crippen LogP contribution in [0.25, 0.3) is 0 Å². The van der Waals surface area contributed by atoms with Crippen LogP contribution in [0.1, 0.15) is 78.1 Å². The van der Waals surface area contributed by atoms with E-state index in [4.69, 9.17) is 0 Å². The average molecular weight is 239 g/mol. The van der Waals surface area contributed by atoms with E-state index in [1.807, 2.05) is 0 Å². The number of carbonyl (C=O) groups excluding carboxylic acids is 1. The number of nitrogens with one attached hydrogen (secondary N) is 1. The van der Waals surface area contributed by atoms with Gasteiger partial charge in [-0.1, -0.05) is 58.8 Å². The first-order valence-corrected chi connectivity index (χ1v) is 7.51. The number of amides is 1. The summed E-state index contributed by atoms with van der Waals surface area (Å²) in [5, 5.41) is 3.24. The topological polar surface area (TPSA) is 29.1 Å². The highest BCUT2D eigenvalue weighted by molar-refractivity contribution is 5.76. The fraction of sp³-hybridized carbons (Fsp3) is 0.933. The van der Waals surface area contributed by atoms with E-state index in [0.29, 0.717) is 18.4 Å². The van der Waals surface area contributed by atoms with Crippen molar-refractivity contribution in [3.63, 3.8) is 0 Å². The molecule has 1 fully saturated rings. The van der Waals surface area contributed by atoms with Crippen molar-refractivity contribution >= 4 is 5.91 Å². The Bertz CT molecular complexity index is 207. The highest BCUT2D eigenvalue weighted by atomic mass is 16.1. The van der Waals surface area contributed by atoms with Gasteiger partial charge in [0, 0.05) is 12.5 Å².